The minimum Gasteiger partial charge on any atom is -0.462 e. The van der Waals surface area contributed by atoms with Crippen molar-refractivity contribution >= 4 is 40.2 Å². The summed E-state index contributed by atoms with van der Waals surface area (Å²) in [4.78, 5) is 31.1. The van der Waals surface area contributed by atoms with E-state index >= 15 is 0 Å². The molecule has 0 unspecified atom stereocenters. The summed E-state index contributed by atoms with van der Waals surface area (Å²) in [6.07, 6.45) is 0.703. The summed E-state index contributed by atoms with van der Waals surface area (Å²) in [5.74, 6) is -0.416. The number of aromatic nitrogens is 1. The number of benzene rings is 3. The normalized spacial score (nSPS) is 15.1. The first kappa shape index (κ1) is 23.0. The largest absolute Gasteiger partial charge is 0.462 e. The molecule has 4 aromatic rings. The average Bonchev–Trinajstić information content (AvgIpc) is 3.22. The predicted octanol–water partition coefficient (Wildman–Crippen LogP) is 6.49. The van der Waals surface area contributed by atoms with Crippen LogP contribution in [0.1, 0.15) is 45.7 Å². The molecule has 0 fully saturated rings. The number of carbonyl (C=O) groups is 2. The molecule has 0 aliphatic carbocycles. The highest BCUT2D eigenvalue weighted by atomic mass is 35.5. The van der Waals surface area contributed by atoms with Crippen LogP contribution in [0.15, 0.2) is 66.7 Å². The minimum atomic E-state index is -0.416. The fourth-order valence-corrected chi connectivity index (χ4v) is 4.88. The summed E-state index contributed by atoms with van der Waals surface area (Å²) in [7, 11) is 0. The number of hydrogen-bond donors (Lipinski definition) is 2. The molecule has 0 bridgehead atoms. The molecule has 1 atom stereocenters. The van der Waals surface area contributed by atoms with Gasteiger partial charge >= 0.3 is 12.0 Å². The number of ether oxygens (including phenoxy) is 1. The van der Waals surface area contributed by atoms with Gasteiger partial charge in [0.15, 0.2) is 0 Å². The summed E-state index contributed by atoms with van der Waals surface area (Å²) >= 11 is 6.29. The van der Waals surface area contributed by atoms with Gasteiger partial charge in [-0.05, 0) is 67.8 Å². The van der Waals surface area contributed by atoms with Crippen molar-refractivity contribution in [3.8, 4) is 0 Å². The first-order valence-corrected chi connectivity index (χ1v) is 12.0. The van der Waals surface area contributed by atoms with Gasteiger partial charge in [0.05, 0.1) is 18.2 Å². The minimum absolute atomic E-state index is 0.237. The first-order valence-electron chi connectivity index (χ1n) is 11.7. The standard InChI is InChI=1S/C28H26ClN3O3/c1-3-35-27(33)19-5-4-6-21(15-19)30-28(34)32-14-13-22-23-16-20(29)11-12-24(23)31-25(22)26(32)18-9-7-17(2)8-10-18/h4-12,15-16,26,31H,3,13-14H2,1-2H3,(H,30,34)/t26-/m1/s1. The molecule has 0 saturated heterocycles. The number of halogens is 1. The third kappa shape index (κ3) is 4.49. The number of anilines is 1. The molecule has 35 heavy (non-hydrogen) atoms. The Balaban J connectivity index is 1.51. The van der Waals surface area contributed by atoms with Gasteiger partial charge in [0.25, 0.3) is 0 Å². The van der Waals surface area contributed by atoms with Crippen molar-refractivity contribution in [3.05, 3.63) is 99.7 Å². The molecule has 0 spiro atoms. The Kier molecular flexibility index (Phi) is 6.22. The molecule has 2 heterocycles. The molecule has 2 N–H and O–H groups in total. The number of aryl methyl sites for hydroxylation is 1. The fourth-order valence-electron chi connectivity index (χ4n) is 4.71. The molecular formula is C28H26ClN3O3. The molecule has 3 aromatic carbocycles. The molecule has 0 radical (unpaired) electrons. The van der Waals surface area contributed by atoms with Crippen molar-refractivity contribution in [1.29, 1.82) is 0 Å². The van der Waals surface area contributed by atoms with Crippen LogP contribution in [0.2, 0.25) is 5.02 Å². The van der Waals surface area contributed by atoms with E-state index in [4.69, 9.17) is 16.3 Å². The number of carbonyl (C=O) groups excluding carboxylic acids is 2. The van der Waals surface area contributed by atoms with Gasteiger partial charge in [-0.15, -0.1) is 0 Å². The van der Waals surface area contributed by atoms with Gasteiger partial charge in [0.2, 0.25) is 0 Å². The van der Waals surface area contributed by atoms with Gasteiger partial charge in [-0.3, -0.25) is 0 Å². The molecule has 178 valence electrons. The maximum Gasteiger partial charge on any atom is 0.338 e. The Morgan fingerprint density at radius 2 is 1.91 bits per heavy atom. The predicted molar refractivity (Wildman–Crippen MR) is 138 cm³/mol. The zero-order chi connectivity index (χ0) is 24.5. The van der Waals surface area contributed by atoms with Gasteiger partial charge < -0.3 is 19.9 Å². The SMILES string of the molecule is CCOC(=O)c1cccc(NC(=O)N2CCc3c([nH]c4ccc(Cl)cc34)[C@H]2c2ccc(C)cc2)c1. The number of aromatic amines is 1. The van der Waals surface area contributed by atoms with E-state index in [9.17, 15) is 9.59 Å². The zero-order valence-corrected chi connectivity index (χ0v) is 20.4. The number of esters is 1. The number of amides is 2. The lowest BCUT2D eigenvalue weighted by Gasteiger charge is -2.36. The van der Waals surface area contributed by atoms with Crippen molar-refractivity contribution in [2.75, 3.05) is 18.5 Å². The summed E-state index contributed by atoms with van der Waals surface area (Å²) in [5.41, 5.74) is 6.28. The highest BCUT2D eigenvalue weighted by Crippen LogP contribution is 2.39. The average molecular weight is 488 g/mol. The molecule has 0 saturated carbocycles. The van der Waals surface area contributed by atoms with Gasteiger partial charge in [-0.25, -0.2) is 9.59 Å². The monoisotopic (exact) mass is 487 g/mol. The highest BCUT2D eigenvalue weighted by molar-refractivity contribution is 6.31. The molecule has 5 rings (SSSR count). The summed E-state index contributed by atoms with van der Waals surface area (Å²) < 4.78 is 5.09. The lowest BCUT2D eigenvalue weighted by atomic mass is 9.92. The van der Waals surface area contributed by atoms with E-state index in [-0.39, 0.29) is 12.1 Å². The van der Waals surface area contributed by atoms with Crippen LogP contribution >= 0.6 is 11.6 Å². The maximum atomic E-state index is 13.6. The van der Waals surface area contributed by atoms with Crippen molar-refractivity contribution in [3.63, 3.8) is 0 Å². The van der Waals surface area contributed by atoms with Gasteiger partial charge in [0.1, 0.15) is 0 Å². The number of rotatable bonds is 4. The molecule has 7 heteroatoms. The van der Waals surface area contributed by atoms with Crippen LogP contribution in [0, 0.1) is 6.92 Å². The maximum absolute atomic E-state index is 13.6. The summed E-state index contributed by atoms with van der Waals surface area (Å²) in [6.45, 7) is 4.63. The Bertz CT molecular complexity index is 1410. The van der Waals surface area contributed by atoms with Crippen molar-refractivity contribution in [2.45, 2.75) is 26.3 Å². The lowest BCUT2D eigenvalue weighted by molar-refractivity contribution is 0.0526. The Morgan fingerprint density at radius 1 is 1.11 bits per heavy atom. The highest BCUT2D eigenvalue weighted by Gasteiger charge is 2.34. The van der Waals surface area contributed by atoms with Crippen molar-refractivity contribution in [2.24, 2.45) is 0 Å². The quantitative estimate of drug-likeness (QED) is 0.323. The van der Waals surface area contributed by atoms with E-state index in [1.807, 2.05) is 30.0 Å². The molecular weight excluding hydrogens is 462 g/mol. The van der Waals surface area contributed by atoms with E-state index in [0.717, 1.165) is 27.7 Å². The number of nitrogens with one attached hydrogen (secondary N) is 2. The van der Waals surface area contributed by atoms with Crippen LogP contribution in [0.4, 0.5) is 10.5 Å². The molecule has 1 aromatic heterocycles. The Labute approximate surface area is 208 Å². The van der Waals surface area contributed by atoms with Crippen LogP contribution in [0.5, 0.6) is 0 Å². The van der Waals surface area contributed by atoms with Gasteiger partial charge in [0, 0.05) is 33.9 Å². The molecule has 1 aliphatic heterocycles. The number of urea groups is 1. The lowest BCUT2D eigenvalue weighted by Crippen LogP contribution is -2.43. The third-order valence-electron chi connectivity index (χ3n) is 6.37. The van der Waals surface area contributed by atoms with E-state index in [2.05, 4.69) is 34.6 Å². The third-order valence-corrected chi connectivity index (χ3v) is 6.60. The van der Waals surface area contributed by atoms with Crippen LogP contribution in [0.25, 0.3) is 10.9 Å². The fraction of sp³-hybridized carbons (Fsp3) is 0.214. The molecule has 1 aliphatic rings. The Morgan fingerprint density at radius 3 is 2.69 bits per heavy atom. The first-order chi connectivity index (χ1) is 16.9. The second-order valence-corrected chi connectivity index (χ2v) is 9.13. The topological polar surface area (TPSA) is 74.4 Å². The van der Waals surface area contributed by atoms with Gasteiger partial charge in [-0.2, -0.15) is 0 Å². The van der Waals surface area contributed by atoms with E-state index < -0.39 is 5.97 Å². The van der Waals surface area contributed by atoms with E-state index in [0.29, 0.717) is 35.8 Å². The number of nitrogens with zero attached hydrogens (tertiary/aromatic N) is 1. The summed E-state index contributed by atoms with van der Waals surface area (Å²) in [5, 5.41) is 4.76. The number of H-pyrrole nitrogens is 1. The number of fused-ring (bicyclic) bond motifs is 3. The van der Waals surface area contributed by atoms with Crippen LogP contribution in [-0.2, 0) is 11.2 Å². The molecule has 6 nitrogen and oxygen atoms in total. The van der Waals surface area contributed by atoms with Crippen LogP contribution in [0.3, 0.4) is 0 Å². The summed E-state index contributed by atoms with van der Waals surface area (Å²) in [6, 6.07) is 20.3. The molecule has 2 amide bonds. The Hall–Kier alpha value is -3.77. The van der Waals surface area contributed by atoms with Crippen molar-refractivity contribution < 1.29 is 14.3 Å². The van der Waals surface area contributed by atoms with Crippen LogP contribution < -0.4 is 5.32 Å². The van der Waals surface area contributed by atoms with Crippen molar-refractivity contribution in [1.82, 2.24) is 9.88 Å². The zero-order valence-electron chi connectivity index (χ0n) is 19.6. The van der Waals surface area contributed by atoms with Crippen LogP contribution in [-0.4, -0.2) is 35.0 Å². The number of hydrogen-bond acceptors (Lipinski definition) is 3. The van der Waals surface area contributed by atoms with Gasteiger partial charge in [-0.1, -0.05) is 47.5 Å². The second-order valence-electron chi connectivity index (χ2n) is 8.70. The van der Waals surface area contributed by atoms with E-state index in [1.165, 1.54) is 5.56 Å². The van der Waals surface area contributed by atoms with E-state index in [1.54, 1.807) is 31.2 Å². The smallest absolute Gasteiger partial charge is 0.338 e. The second kappa shape index (κ2) is 9.47.